The Morgan fingerprint density at radius 1 is 1.03 bits per heavy atom. The van der Waals surface area contributed by atoms with Crippen molar-refractivity contribution in [2.75, 3.05) is 26.2 Å². The number of hydrogen-bond acceptors (Lipinski definition) is 5. The molecule has 1 N–H and O–H groups in total. The van der Waals surface area contributed by atoms with Crippen LogP contribution in [0.15, 0.2) is 42.5 Å². The summed E-state index contributed by atoms with van der Waals surface area (Å²) < 4.78 is 4.86. The van der Waals surface area contributed by atoms with E-state index in [9.17, 15) is 14.4 Å². The lowest BCUT2D eigenvalue weighted by molar-refractivity contribution is -0.141. The number of nitrogens with zero attached hydrogens (tertiary/aromatic N) is 2. The highest BCUT2D eigenvalue weighted by molar-refractivity contribution is 7.11. The molecule has 0 aliphatic carbocycles. The van der Waals surface area contributed by atoms with E-state index in [-0.39, 0.29) is 31.5 Å². The summed E-state index contributed by atoms with van der Waals surface area (Å²) in [6, 6.07) is 13.4. The van der Waals surface area contributed by atoms with E-state index in [0.717, 1.165) is 10.4 Å². The highest BCUT2D eigenvalue weighted by Gasteiger charge is 2.23. The van der Waals surface area contributed by atoms with Crippen molar-refractivity contribution in [3.63, 3.8) is 0 Å². The predicted octanol–water partition coefficient (Wildman–Crippen LogP) is 3.82. The quantitative estimate of drug-likeness (QED) is 0.518. The number of carbonyl (C=O) groups excluding carboxylic acids is 3. The summed E-state index contributed by atoms with van der Waals surface area (Å²) in [7, 11) is 0. The number of rotatable bonds is 11. The average Bonchev–Trinajstić information content (AvgIpc) is 3.16. The average molecular weight is 460 g/mol. The maximum absolute atomic E-state index is 13.3. The first-order valence-electron chi connectivity index (χ1n) is 10.8. The maximum Gasteiger partial charge on any atom is 0.325 e. The van der Waals surface area contributed by atoms with Gasteiger partial charge in [0.25, 0.3) is 0 Å². The van der Waals surface area contributed by atoms with Crippen LogP contribution < -0.4 is 5.32 Å². The Labute approximate surface area is 194 Å². The van der Waals surface area contributed by atoms with Gasteiger partial charge in [0.2, 0.25) is 5.91 Å². The summed E-state index contributed by atoms with van der Waals surface area (Å²) >= 11 is 1.66. The number of hydrogen-bond donors (Lipinski definition) is 1. The maximum atomic E-state index is 13.3. The Bertz CT molecular complexity index is 882. The predicted molar refractivity (Wildman–Crippen MR) is 126 cm³/mol. The van der Waals surface area contributed by atoms with Crippen LogP contribution in [0.1, 0.15) is 36.1 Å². The number of ether oxygens (including phenoxy) is 1. The van der Waals surface area contributed by atoms with Gasteiger partial charge in [-0.05, 0) is 37.5 Å². The number of urea groups is 1. The molecule has 7 nitrogen and oxygen atoms in total. The third kappa shape index (κ3) is 8.70. The van der Waals surface area contributed by atoms with Gasteiger partial charge in [-0.1, -0.05) is 44.2 Å². The zero-order valence-corrected chi connectivity index (χ0v) is 20.1. The Morgan fingerprint density at radius 2 is 1.75 bits per heavy atom. The molecule has 174 valence electrons. The summed E-state index contributed by atoms with van der Waals surface area (Å²) in [6.45, 7) is 9.00. The highest BCUT2D eigenvalue weighted by Crippen LogP contribution is 2.19. The molecule has 0 spiro atoms. The summed E-state index contributed by atoms with van der Waals surface area (Å²) in [4.78, 5) is 43.1. The van der Waals surface area contributed by atoms with E-state index < -0.39 is 12.0 Å². The van der Waals surface area contributed by atoms with Gasteiger partial charge < -0.3 is 19.9 Å². The highest BCUT2D eigenvalue weighted by atomic mass is 32.1. The minimum absolute atomic E-state index is 0.0654. The summed E-state index contributed by atoms with van der Waals surface area (Å²) in [5.41, 5.74) is 1.02. The first kappa shape index (κ1) is 25.4. The van der Waals surface area contributed by atoms with Crippen LogP contribution in [0.3, 0.4) is 0 Å². The minimum atomic E-state index is -0.504. The molecule has 0 radical (unpaired) electrons. The second kappa shape index (κ2) is 12.9. The van der Waals surface area contributed by atoms with E-state index in [0.29, 0.717) is 19.6 Å². The Balaban J connectivity index is 2.12. The van der Waals surface area contributed by atoms with Crippen molar-refractivity contribution in [1.82, 2.24) is 15.1 Å². The van der Waals surface area contributed by atoms with E-state index in [2.05, 4.69) is 5.32 Å². The first-order valence-corrected chi connectivity index (χ1v) is 11.7. The second-order valence-electron chi connectivity index (χ2n) is 7.99. The molecule has 2 aromatic rings. The monoisotopic (exact) mass is 459 g/mol. The fraction of sp³-hybridized carbons (Fsp3) is 0.458. The summed E-state index contributed by atoms with van der Waals surface area (Å²) in [6.07, 6.45) is 0. The third-order valence-corrected chi connectivity index (χ3v) is 5.59. The molecule has 32 heavy (non-hydrogen) atoms. The van der Waals surface area contributed by atoms with Gasteiger partial charge >= 0.3 is 12.0 Å². The van der Waals surface area contributed by atoms with Crippen molar-refractivity contribution in [3.05, 3.63) is 57.8 Å². The Kier molecular flexibility index (Phi) is 10.2. The van der Waals surface area contributed by atoms with Gasteiger partial charge in [-0.2, -0.15) is 0 Å². The fourth-order valence-electron chi connectivity index (χ4n) is 3.19. The lowest BCUT2D eigenvalue weighted by Crippen LogP contribution is -2.48. The van der Waals surface area contributed by atoms with E-state index in [4.69, 9.17) is 4.74 Å². The molecule has 1 heterocycles. The zero-order valence-electron chi connectivity index (χ0n) is 19.3. The Morgan fingerprint density at radius 3 is 2.34 bits per heavy atom. The molecule has 2 rings (SSSR count). The molecular weight excluding hydrogens is 426 g/mol. The first-order chi connectivity index (χ1) is 15.3. The van der Waals surface area contributed by atoms with Crippen LogP contribution in [0.4, 0.5) is 4.79 Å². The largest absolute Gasteiger partial charge is 0.465 e. The molecule has 3 amide bonds. The molecule has 0 unspecified atom stereocenters. The van der Waals surface area contributed by atoms with Gasteiger partial charge in [0.1, 0.15) is 13.1 Å². The smallest absolute Gasteiger partial charge is 0.325 e. The van der Waals surface area contributed by atoms with Gasteiger partial charge in [0.05, 0.1) is 13.2 Å². The van der Waals surface area contributed by atoms with E-state index in [1.807, 2.05) is 63.2 Å². The van der Waals surface area contributed by atoms with E-state index in [1.165, 1.54) is 9.78 Å². The van der Waals surface area contributed by atoms with Crippen molar-refractivity contribution < 1.29 is 19.1 Å². The van der Waals surface area contributed by atoms with Crippen LogP contribution in [0.5, 0.6) is 0 Å². The molecule has 0 saturated carbocycles. The lowest BCUT2D eigenvalue weighted by Gasteiger charge is -2.28. The molecule has 1 aromatic carbocycles. The van der Waals surface area contributed by atoms with Crippen LogP contribution in [-0.4, -0.2) is 53.9 Å². The van der Waals surface area contributed by atoms with E-state index >= 15 is 0 Å². The van der Waals surface area contributed by atoms with Gasteiger partial charge in [-0.15, -0.1) is 11.3 Å². The van der Waals surface area contributed by atoms with Crippen molar-refractivity contribution in [1.29, 1.82) is 0 Å². The molecular formula is C24H33N3O4S. The number of aryl methyl sites for hydroxylation is 1. The fourth-order valence-corrected chi connectivity index (χ4v) is 4.10. The van der Waals surface area contributed by atoms with Crippen LogP contribution >= 0.6 is 11.3 Å². The van der Waals surface area contributed by atoms with Gasteiger partial charge in [0, 0.05) is 22.8 Å². The SMILES string of the molecule is CCOC(=O)CNC(=O)N(CC(=O)N(Cc1ccccc1)Cc1ccc(C)s1)CC(C)C. The van der Waals surface area contributed by atoms with Gasteiger partial charge in [-0.25, -0.2) is 4.79 Å². The van der Waals surface area contributed by atoms with Crippen LogP contribution in [-0.2, 0) is 27.4 Å². The molecule has 0 fully saturated rings. The number of nitrogens with one attached hydrogen (secondary N) is 1. The summed E-state index contributed by atoms with van der Waals surface area (Å²) in [5, 5.41) is 2.56. The summed E-state index contributed by atoms with van der Waals surface area (Å²) in [5.74, 6) is -0.485. The van der Waals surface area contributed by atoms with Crippen molar-refractivity contribution in [2.24, 2.45) is 5.92 Å². The lowest BCUT2D eigenvalue weighted by atomic mass is 10.2. The molecule has 0 bridgehead atoms. The molecule has 0 saturated heterocycles. The van der Waals surface area contributed by atoms with Gasteiger partial charge in [-0.3, -0.25) is 9.59 Å². The number of carbonyl (C=O) groups is 3. The second-order valence-corrected chi connectivity index (χ2v) is 9.36. The molecule has 0 atom stereocenters. The topological polar surface area (TPSA) is 79.0 Å². The number of amides is 3. The third-order valence-electron chi connectivity index (χ3n) is 4.60. The number of benzene rings is 1. The van der Waals surface area contributed by atoms with Gasteiger partial charge in [0.15, 0.2) is 0 Å². The molecule has 1 aromatic heterocycles. The van der Waals surface area contributed by atoms with Crippen molar-refractivity contribution in [2.45, 2.75) is 40.8 Å². The Hall–Kier alpha value is -2.87. The molecule has 0 aliphatic rings. The van der Waals surface area contributed by atoms with Crippen LogP contribution in [0, 0.1) is 12.8 Å². The van der Waals surface area contributed by atoms with Crippen molar-refractivity contribution in [3.8, 4) is 0 Å². The molecule has 0 aliphatic heterocycles. The standard InChI is InChI=1S/C24H33N3O4S/c1-5-31-23(29)13-25-24(30)27(14-18(2)3)17-22(28)26(15-20-9-7-6-8-10-20)16-21-12-11-19(4)32-21/h6-12,18H,5,13-17H2,1-4H3,(H,25,30). The van der Waals surface area contributed by atoms with Crippen molar-refractivity contribution >= 4 is 29.2 Å². The van der Waals surface area contributed by atoms with Crippen LogP contribution in [0.25, 0.3) is 0 Å². The zero-order chi connectivity index (χ0) is 23.5. The van der Waals surface area contributed by atoms with Crippen LogP contribution in [0.2, 0.25) is 0 Å². The number of esters is 1. The number of thiophene rings is 1. The van der Waals surface area contributed by atoms with E-state index in [1.54, 1.807) is 23.2 Å². The normalized spacial score (nSPS) is 10.7. The molecule has 8 heteroatoms. The minimum Gasteiger partial charge on any atom is -0.465 e.